The Morgan fingerprint density at radius 3 is 2.55 bits per heavy atom. The highest BCUT2D eigenvalue weighted by atomic mass is 16.5. The highest BCUT2D eigenvalue weighted by Crippen LogP contribution is 2.29. The number of ether oxygens (including phenoxy) is 1. The molecule has 0 aliphatic carbocycles. The number of nitrogens with two attached hydrogens (primary N) is 1. The summed E-state index contributed by atoms with van der Waals surface area (Å²) in [7, 11) is 1.89. The molecule has 0 fully saturated rings. The number of aromatic nitrogens is 4. The van der Waals surface area contributed by atoms with Crippen LogP contribution in [0.2, 0.25) is 0 Å². The summed E-state index contributed by atoms with van der Waals surface area (Å²) in [5, 5.41) is 4.33. The zero-order chi connectivity index (χ0) is 14.9. The number of aryl methyl sites for hydroxylation is 2. The van der Waals surface area contributed by atoms with Gasteiger partial charge in [-0.1, -0.05) is 13.8 Å². The van der Waals surface area contributed by atoms with E-state index in [-0.39, 0.29) is 5.92 Å². The van der Waals surface area contributed by atoms with Crippen LogP contribution in [0.15, 0.2) is 6.20 Å². The fraction of sp³-hybridized carbons (Fsp3) is 0.500. The van der Waals surface area contributed by atoms with E-state index in [0.717, 1.165) is 23.0 Å². The van der Waals surface area contributed by atoms with Crippen molar-refractivity contribution in [3.8, 4) is 11.5 Å². The second kappa shape index (κ2) is 5.58. The van der Waals surface area contributed by atoms with Crippen LogP contribution in [0.25, 0.3) is 0 Å². The van der Waals surface area contributed by atoms with Gasteiger partial charge in [0.1, 0.15) is 17.2 Å². The van der Waals surface area contributed by atoms with Crippen LogP contribution in [0.3, 0.4) is 0 Å². The Hall–Kier alpha value is -1.95. The molecular weight excluding hydrogens is 254 g/mol. The lowest BCUT2D eigenvalue weighted by Gasteiger charge is -2.11. The quantitative estimate of drug-likeness (QED) is 0.925. The first-order valence-electron chi connectivity index (χ1n) is 6.68. The van der Waals surface area contributed by atoms with E-state index in [9.17, 15) is 0 Å². The van der Waals surface area contributed by atoms with Gasteiger partial charge in [-0.2, -0.15) is 5.10 Å². The van der Waals surface area contributed by atoms with Crippen molar-refractivity contribution >= 4 is 0 Å². The molecule has 0 bridgehead atoms. The van der Waals surface area contributed by atoms with Gasteiger partial charge in [-0.15, -0.1) is 0 Å². The van der Waals surface area contributed by atoms with Crippen LogP contribution in [0, 0.1) is 13.8 Å². The van der Waals surface area contributed by atoms with Gasteiger partial charge in [0, 0.05) is 19.5 Å². The predicted octanol–water partition coefficient (Wildman–Crippen LogP) is 2.20. The molecule has 0 radical (unpaired) electrons. The topological polar surface area (TPSA) is 78.8 Å². The van der Waals surface area contributed by atoms with Gasteiger partial charge in [-0.05, 0) is 13.8 Å². The molecule has 6 nitrogen and oxygen atoms in total. The lowest BCUT2D eigenvalue weighted by molar-refractivity contribution is 0.459. The zero-order valence-corrected chi connectivity index (χ0v) is 12.6. The van der Waals surface area contributed by atoms with Crippen molar-refractivity contribution in [1.82, 2.24) is 19.7 Å². The first kappa shape index (κ1) is 14.5. The Morgan fingerprint density at radius 1 is 1.35 bits per heavy atom. The third-order valence-corrected chi connectivity index (χ3v) is 3.21. The summed E-state index contributed by atoms with van der Waals surface area (Å²) in [4.78, 5) is 8.79. The molecule has 6 heteroatoms. The number of rotatable bonds is 4. The molecule has 0 aromatic carbocycles. The largest absolute Gasteiger partial charge is 0.450 e. The minimum atomic E-state index is 0.260. The van der Waals surface area contributed by atoms with Gasteiger partial charge in [0.15, 0.2) is 11.5 Å². The van der Waals surface area contributed by atoms with E-state index < -0.39 is 0 Å². The van der Waals surface area contributed by atoms with Crippen LogP contribution < -0.4 is 10.5 Å². The standard InChI is InChI=1S/C14H21N5O/c1-8(2)14-16-7-12(11(6-15)17-14)20-13-9(3)18-19(5)10(13)4/h7-8H,6,15H2,1-5H3. The first-order valence-corrected chi connectivity index (χ1v) is 6.68. The van der Waals surface area contributed by atoms with E-state index in [2.05, 4.69) is 15.1 Å². The van der Waals surface area contributed by atoms with Gasteiger partial charge in [0.05, 0.1) is 11.9 Å². The second-order valence-electron chi connectivity index (χ2n) is 5.12. The number of nitrogens with zero attached hydrogens (tertiary/aromatic N) is 4. The van der Waals surface area contributed by atoms with Gasteiger partial charge in [-0.25, -0.2) is 9.97 Å². The maximum Gasteiger partial charge on any atom is 0.171 e. The third kappa shape index (κ3) is 2.65. The molecule has 0 aliphatic rings. The lowest BCUT2D eigenvalue weighted by atomic mass is 10.2. The average molecular weight is 275 g/mol. The van der Waals surface area contributed by atoms with Gasteiger partial charge in [0.25, 0.3) is 0 Å². The fourth-order valence-corrected chi connectivity index (χ4v) is 1.94. The van der Waals surface area contributed by atoms with Crippen LogP contribution in [0.5, 0.6) is 11.5 Å². The lowest BCUT2D eigenvalue weighted by Crippen LogP contribution is -2.08. The van der Waals surface area contributed by atoms with Crippen LogP contribution >= 0.6 is 0 Å². The molecule has 0 atom stereocenters. The summed E-state index contributed by atoms with van der Waals surface area (Å²) in [5.41, 5.74) is 8.27. The Labute approximate surface area is 119 Å². The second-order valence-corrected chi connectivity index (χ2v) is 5.12. The van der Waals surface area contributed by atoms with E-state index in [0.29, 0.717) is 18.0 Å². The highest BCUT2D eigenvalue weighted by molar-refractivity contribution is 5.38. The smallest absolute Gasteiger partial charge is 0.171 e. The Kier molecular flexibility index (Phi) is 4.04. The minimum absolute atomic E-state index is 0.260. The molecule has 0 saturated heterocycles. The SMILES string of the molecule is Cc1nn(C)c(C)c1Oc1cnc(C(C)C)nc1CN. The van der Waals surface area contributed by atoms with Crippen LogP contribution in [0.4, 0.5) is 0 Å². The summed E-state index contributed by atoms with van der Waals surface area (Å²) in [5.74, 6) is 2.37. The maximum atomic E-state index is 5.93. The van der Waals surface area contributed by atoms with E-state index in [4.69, 9.17) is 10.5 Å². The highest BCUT2D eigenvalue weighted by Gasteiger charge is 2.15. The Morgan fingerprint density at radius 2 is 2.05 bits per heavy atom. The van der Waals surface area contributed by atoms with Crippen molar-refractivity contribution in [2.24, 2.45) is 12.8 Å². The Bertz CT molecular complexity index is 618. The summed E-state index contributed by atoms with van der Waals surface area (Å²) < 4.78 is 7.72. The number of hydrogen-bond acceptors (Lipinski definition) is 5. The molecule has 2 aromatic heterocycles. The van der Waals surface area contributed by atoms with Crippen molar-refractivity contribution < 1.29 is 4.74 Å². The fourth-order valence-electron chi connectivity index (χ4n) is 1.94. The molecule has 0 saturated carbocycles. The van der Waals surface area contributed by atoms with Crippen LogP contribution in [-0.2, 0) is 13.6 Å². The maximum absolute atomic E-state index is 5.93. The minimum Gasteiger partial charge on any atom is -0.450 e. The summed E-state index contributed by atoms with van der Waals surface area (Å²) in [6, 6.07) is 0. The van der Waals surface area contributed by atoms with Gasteiger partial charge in [-0.3, -0.25) is 4.68 Å². The van der Waals surface area contributed by atoms with Crippen LogP contribution in [-0.4, -0.2) is 19.7 Å². The molecular formula is C14H21N5O. The van der Waals surface area contributed by atoms with E-state index in [1.807, 2.05) is 34.7 Å². The molecule has 2 heterocycles. The molecule has 0 spiro atoms. The van der Waals surface area contributed by atoms with Crippen molar-refractivity contribution in [3.63, 3.8) is 0 Å². The van der Waals surface area contributed by atoms with Gasteiger partial charge >= 0.3 is 0 Å². The van der Waals surface area contributed by atoms with Crippen molar-refractivity contribution in [2.75, 3.05) is 0 Å². The third-order valence-electron chi connectivity index (χ3n) is 3.21. The summed E-state index contributed by atoms with van der Waals surface area (Å²) >= 11 is 0. The predicted molar refractivity (Wildman–Crippen MR) is 76.8 cm³/mol. The molecule has 108 valence electrons. The van der Waals surface area contributed by atoms with E-state index >= 15 is 0 Å². The van der Waals surface area contributed by atoms with Crippen molar-refractivity contribution in [2.45, 2.75) is 40.2 Å². The van der Waals surface area contributed by atoms with E-state index in [1.54, 1.807) is 10.9 Å². The normalized spacial score (nSPS) is 11.2. The molecule has 20 heavy (non-hydrogen) atoms. The molecule has 0 amide bonds. The Balaban J connectivity index is 2.38. The summed E-state index contributed by atoms with van der Waals surface area (Å²) in [6.07, 6.45) is 1.69. The van der Waals surface area contributed by atoms with Crippen molar-refractivity contribution in [3.05, 3.63) is 29.1 Å². The van der Waals surface area contributed by atoms with Gasteiger partial charge in [0.2, 0.25) is 0 Å². The number of hydrogen-bond donors (Lipinski definition) is 1. The zero-order valence-electron chi connectivity index (χ0n) is 12.6. The molecule has 2 aromatic rings. The molecule has 2 rings (SSSR count). The first-order chi connectivity index (χ1) is 9.43. The van der Waals surface area contributed by atoms with Gasteiger partial charge < -0.3 is 10.5 Å². The monoisotopic (exact) mass is 275 g/mol. The van der Waals surface area contributed by atoms with Crippen LogP contribution in [0.1, 0.15) is 42.7 Å². The molecule has 2 N–H and O–H groups in total. The van der Waals surface area contributed by atoms with E-state index in [1.165, 1.54) is 0 Å². The molecule has 0 aliphatic heterocycles. The summed E-state index contributed by atoms with van der Waals surface area (Å²) in [6.45, 7) is 8.28. The molecule has 0 unspecified atom stereocenters. The average Bonchev–Trinajstić information content (AvgIpc) is 2.65. The van der Waals surface area contributed by atoms with Crippen molar-refractivity contribution in [1.29, 1.82) is 0 Å².